The second kappa shape index (κ2) is 5.64. The molecule has 3 heteroatoms. The summed E-state index contributed by atoms with van der Waals surface area (Å²) >= 11 is 0. The number of hydrogen-bond donors (Lipinski definition) is 1. The molecule has 2 heterocycles. The lowest BCUT2D eigenvalue weighted by molar-refractivity contribution is 0.435. The maximum absolute atomic E-state index is 5.64. The van der Waals surface area contributed by atoms with Gasteiger partial charge in [-0.25, -0.2) is 0 Å². The third-order valence-corrected chi connectivity index (χ3v) is 2.85. The standard InChI is InChI=1S/C14H18N2O/c1-3-13-4-5-14(17-13)10-16-11(2)12-6-8-15-9-7-12/h4-9,11,16H,3,10H2,1-2H3. The zero-order valence-electron chi connectivity index (χ0n) is 10.3. The Bertz CT molecular complexity index is 450. The van der Waals surface area contributed by atoms with E-state index in [-0.39, 0.29) is 0 Å². The molecule has 0 aliphatic rings. The molecular formula is C14H18N2O. The highest BCUT2D eigenvalue weighted by atomic mass is 16.3. The van der Waals surface area contributed by atoms with Gasteiger partial charge >= 0.3 is 0 Å². The van der Waals surface area contributed by atoms with E-state index in [0.717, 1.165) is 24.5 Å². The number of aryl methyl sites for hydroxylation is 1. The molecule has 0 aliphatic carbocycles. The van der Waals surface area contributed by atoms with Gasteiger partial charge in [0.1, 0.15) is 11.5 Å². The highest BCUT2D eigenvalue weighted by Crippen LogP contribution is 2.13. The molecule has 1 unspecified atom stereocenters. The van der Waals surface area contributed by atoms with Crippen molar-refractivity contribution in [2.24, 2.45) is 0 Å². The van der Waals surface area contributed by atoms with Crippen LogP contribution in [0.25, 0.3) is 0 Å². The fourth-order valence-electron chi connectivity index (χ4n) is 1.73. The SMILES string of the molecule is CCc1ccc(CNC(C)c2ccncc2)o1. The molecule has 90 valence electrons. The van der Waals surface area contributed by atoms with Crippen LogP contribution in [0.1, 0.15) is 37.0 Å². The van der Waals surface area contributed by atoms with Crippen LogP contribution in [0.4, 0.5) is 0 Å². The lowest BCUT2D eigenvalue weighted by atomic mass is 10.1. The smallest absolute Gasteiger partial charge is 0.117 e. The Labute approximate surface area is 102 Å². The van der Waals surface area contributed by atoms with Crippen molar-refractivity contribution in [3.05, 3.63) is 53.7 Å². The summed E-state index contributed by atoms with van der Waals surface area (Å²) in [5, 5.41) is 3.43. The first-order valence-electron chi connectivity index (χ1n) is 6.00. The van der Waals surface area contributed by atoms with Crippen LogP contribution in [0.15, 0.2) is 41.1 Å². The number of pyridine rings is 1. The number of nitrogens with one attached hydrogen (secondary N) is 1. The Morgan fingerprint density at radius 3 is 2.53 bits per heavy atom. The highest BCUT2D eigenvalue weighted by Gasteiger charge is 2.06. The van der Waals surface area contributed by atoms with Crippen molar-refractivity contribution in [3.63, 3.8) is 0 Å². The molecule has 0 saturated heterocycles. The van der Waals surface area contributed by atoms with Crippen molar-refractivity contribution in [3.8, 4) is 0 Å². The zero-order chi connectivity index (χ0) is 12.1. The fourth-order valence-corrected chi connectivity index (χ4v) is 1.73. The third kappa shape index (κ3) is 3.17. The third-order valence-electron chi connectivity index (χ3n) is 2.85. The molecule has 0 aliphatic heterocycles. The molecule has 1 atom stereocenters. The van der Waals surface area contributed by atoms with Gasteiger partial charge in [0, 0.05) is 24.9 Å². The molecule has 0 spiro atoms. The molecule has 0 bridgehead atoms. The van der Waals surface area contributed by atoms with Crippen LogP contribution in [0.2, 0.25) is 0 Å². The Hall–Kier alpha value is -1.61. The molecule has 0 fully saturated rings. The lowest BCUT2D eigenvalue weighted by Gasteiger charge is -2.12. The van der Waals surface area contributed by atoms with E-state index in [1.54, 1.807) is 0 Å². The van der Waals surface area contributed by atoms with E-state index in [4.69, 9.17) is 4.42 Å². The molecule has 1 N–H and O–H groups in total. The molecule has 0 amide bonds. The van der Waals surface area contributed by atoms with Crippen molar-refractivity contribution in [1.29, 1.82) is 0 Å². The summed E-state index contributed by atoms with van der Waals surface area (Å²) in [6.45, 7) is 4.98. The minimum Gasteiger partial charge on any atom is -0.465 e. The van der Waals surface area contributed by atoms with Crippen LogP contribution in [-0.4, -0.2) is 4.98 Å². The van der Waals surface area contributed by atoms with Gasteiger partial charge in [0.05, 0.1) is 6.54 Å². The monoisotopic (exact) mass is 230 g/mol. The zero-order valence-corrected chi connectivity index (χ0v) is 10.3. The first-order chi connectivity index (χ1) is 8.29. The summed E-state index contributed by atoms with van der Waals surface area (Å²) in [5.41, 5.74) is 1.24. The number of nitrogens with zero attached hydrogens (tertiary/aromatic N) is 1. The van der Waals surface area contributed by atoms with Crippen LogP contribution in [-0.2, 0) is 13.0 Å². The van der Waals surface area contributed by atoms with E-state index in [1.165, 1.54) is 5.56 Å². The summed E-state index contributed by atoms with van der Waals surface area (Å²) in [7, 11) is 0. The van der Waals surface area contributed by atoms with E-state index in [0.29, 0.717) is 6.04 Å². The molecule has 0 aromatic carbocycles. The highest BCUT2D eigenvalue weighted by molar-refractivity contribution is 5.14. The first kappa shape index (κ1) is 11.9. The summed E-state index contributed by atoms with van der Waals surface area (Å²) in [6.07, 6.45) is 4.57. The maximum atomic E-state index is 5.64. The molecule has 0 saturated carbocycles. The number of hydrogen-bond acceptors (Lipinski definition) is 3. The van der Waals surface area contributed by atoms with Crippen LogP contribution in [0.5, 0.6) is 0 Å². The summed E-state index contributed by atoms with van der Waals surface area (Å²) in [4.78, 5) is 4.01. The van der Waals surface area contributed by atoms with Crippen molar-refractivity contribution in [2.75, 3.05) is 0 Å². The van der Waals surface area contributed by atoms with Crippen LogP contribution in [0.3, 0.4) is 0 Å². The normalized spacial score (nSPS) is 12.6. The Morgan fingerprint density at radius 1 is 1.18 bits per heavy atom. The van der Waals surface area contributed by atoms with Gasteiger partial charge in [0.25, 0.3) is 0 Å². The van der Waals surface area contributed by atoms with E-state index in [9.17, 15) is 0 Å². The predicted molar refractivity (Wildman–Crippen MR) is 67.6 cm³/mol. The van der Waals surface area contributed by atoms with Gasteiger partial charge in [0.2, 0.25) is 0 Å². The quantitative estimate of drug-likeness (QED) is 0.857. The topological polar surface area (TPSA) is 38.1 Å². The first-order valence-corrected chi connectivity index (χ1v) is 6.00. The Morgan fingerprint density at radius 2 is 1.88 bits per heavy atom. The minimum atomic E-state index is 0.299. The molecule has 2 aromatic rings. The lowest BCUT2D eigenvalue weighted by Crippen LogP contribution is -2.17. The van der Waals surface area contributed by atoms with Gasteiger partial charge in [-0.1, -0.05) is 6.92 Å². The van der Waals surface area contributed by atoms with Crippen LogP contribution < -0.4 is 5.32 Å². The average Bonchev–Trinajstić information content (AvgIpc) is 2.85. The Kier molecular flexibility index (Phi) is 3.94. The van der Waals surface area contributed by atoms with Gasteiger partial charge < -0.3 is 9.73 Å². The Balaban J connectivity index is 1.90. The summed E-state index contributed by atoms with van der Waals surface area (Å²) < 4.78 is 5.64. The maximum Gasteiger partial charge on any atom is 0.117 e. The molecular weight excluding hydrogens is 212 g/mol. The van der Waals surface area contributed by atoms with E-state index >= 15 is 0 Å². The molecule has 17 heavy (non-hydrogen) atoms. The summed E-state index contributed by atoms with van der Waals surface area (Å²) in [5.74, 6) is 2.03. The van der Waals surface area contributed by atoms with Gasteiger partial charge in [-0.3, -0.25) is 4.98 Å². The molecule has 2 aromatic heterocycles. The predicted octanol–water partition coefficient (Wildman–Crippen LogP) is 3.09. The van der Waals surface area contributed by atoms with Gasteiger partial charge in [-0.05, 0) is 36.8 Å². The summed E-state index contributed by atoms with van der Waals surface area (Å²) in [6, 6.07) is 8.42. The van der Waals surface area contributed by atoms with E-state index < -0.39 is 0 Å². The van der Waals surface area contributed by atoms with E-state index in [2.05, 4.69) is 24.1 Å². The number of rotatable bonds is 5. The average molecular weight is 230 g/mol. The number of furan rings is 1. The van der Waals surface area contributed by atoms with Gasteiger partial charge in [-0.2, -0.15) is 0 Å². The second-order valence-electron chi connectivity index (χ2n) is 4.10. The van der Waals surface area contributed by atoms with Gasteiger partial charge in [0.15, 0.2) is 0 Å². The minimum absolute atomic E-state index is 0.299. The van der Waals surface area contributed by atoms with Crippen molar-refractivity contribution >= 4 is 0 Å². The van der Waals surface area contributed by atoms with E-state index in [1.807, 2.05) is 36.7 Å². The number of aromatic nitrogens is 1. The fraction of sp³-hybridized carbons (Fsp3) is 0.357. The van der Waals surface area contributed by atoms with Gasteiger partial charge in [-0.15, -0.1) is 0 Å². The van der Waals surface area contributed by atoms with Crippen molar-refractivity contribution in [2.45, 2.75) is 32.9 Å². The van der Waals surface area contributed by atoms with Crippen molar-refractivity contribution < 1.29 is 4.42 Å². The molecule has 3 nitrogen and oxygen atoms in total. The second-order valence-corrected chi connectivity index (χ2v) is 4.10. The molecule has 0 radical (unpaired) electrons. The van der Waals surface area contributed by atoms with Crippen LogP contribution in [0, 0.1) is 0 Å². The van der Waals surface area contributed by atoms with Crippen LogP contribution >= 0.6 is 0 Å². The van der Waals surface area contributed by atoms with Crippen molar-refractivity contribution in [1.82, 2.24) is 10.3 Å². The molecule has 2 rings (SSSR count). The largest absolute Gasteiger partial charge is 0.465 e.